The van der Waals surface area contributed by atoms with Crippen LogP contribution in [0.5, 0.6) is 0 Å². The van der Waals surface area contributed by atoms with Crippen molar-refractivity contribution in [1.82, 2.24) is 9.97 Å². The van der Waals surface area contributed by atoms with Crippen LogP contribution in [0.15, 0.2) is 34.1 Å². The number of hydrogen-bond acceptors (Lipinski definition) is 5. The van der Waals surface area contributed by atoms with E-state index in [1.54, 1.807) is 24.5 Å². The Balaban J connectivity index is 1.95. The lowest BCUT2D eigenvalue weighted by Gasteiger charge is -1.95. The molecule has 0 aliphatic carbocycles. The Labute approximate surface area is 96.2 Å². The van der Waals surface area contributed by atoms with Gasteiger partial charge in [-0.15, -0.1) is 0 Å². The van der Waals surface area contributed by atoms with Crippen molar-refractivity contribution in [2.45, 2.75) is 10.9 Å². The quantitative estimate of drug-likeness (QED) is 0.652. The third-order valence-corrected chi connectivity index (χ3v) is 2.80. The average molecular weight is 238 g/mol. The van der Waals surface area contributed by atoms with Crippen LogP contribution in [-0.2, 0) is 10.5 Å². The smallest absolute Gasteiger partial charge is 0.373 e. The molecular formula is C10H10N2O3S. The number of aromatic nitrogens is 2. The van der Waals surface area contributed by atoms with Crippen LogP contribution in [0.25, 0.3) is 0 Å². The van der Waals surface area contributed by atoms with Crippen LogP contribution in [-0.4, -0.2) is 23.0 Å². The molecule has 0 aliphatic rings. The molecule has 2 aromatic rings. The molecule has 6 heteroatoms. The van der Waals surface area contributed by atoms with Crippen molar-refractivity contribution in [1.29, 1.82) is 0 Å². The molecule has 2 aromatic heterocycles. The summed E-state index contributed by atoms with van der Waals surface area (Å²) in [4.78, 5) is 18.1. The van der Waals surface area contributed by atoms with Crippen molar-refractivity contribution in [2.24, 2.45) is 0 Å². The first-order chi connectivity index (χ1) is 7.79. The molecule has 0 radical (unpaired) electrons. The van der Waals surface area contributed by atoms with E-state index in [4.69, 9.17) is 4.42 Å². The van der Waals surface area contributed by atoms with Crippen molar-refractivity contribution in [3.05, 3.63) is 36.0 Å². The molecule has 0 spiro atoms. The van der Waals surface area contributed by atoms with Crippen molar-refractivity contribution in [3.8, 4) is 0 Å². The molecule has 0 unspecified atom stereocenters. The molecule has 0 saturated carbocycles. The third kappa shape index (κ3) is 2.46. The van der Waals surface area contributed by atoms with Gasteiger partial charge in [0.05, 0.1) is 12.9 Å². The van der Waals surface area contributed by atoms with Gasteiger partial charge in [-0.2, -0.15) is 0 Å². The fraction of sp³-hybridized carbons (Fsp3) is 0.200. The lowest BCUT2D eigenvalue weighted by Crippen LogP contribution is -1.98. The number of rotatable bonds is 4. The lowest BCUT2D eigenvalue weighted by molar-refractivity contribution is 0.0563. The Morgan fingerprint density at radius 2 is 2.50 bits per heavy atom. The molecule has 0 aliphatic heterocycles. The zero-order valence-corrected chi connectivity index (χ0v) is 9.41. The van der Waals surface area contributed by atoms with E-state index < -0.39 is 5.97 Å². The monoisotopic (exact) mass is 238 g/mol. The van der Waals surface area contributed by atoms with Gasteiger partial charge in [-0.3, -0.25) is 0 Å². The van der Waals surface area contributed by atoms with E-state index in [2.05, 4.69) is 14.7 Å². The number of aromatic amines is 1. The number of nitrogens with zero attached hydrogens (tertiary/aromatic N) is 1. The van der Waals surface area contributed by atoms with E-state index in [0.717, 1.165) is 5.16 Å². The van der Waals surface area contributed by atoms with Gasteiger partial charge in [-0.1, -0.05) is 11.8 Å². The first-order valence-corrected chi connectivity index (χ1v) is 5.57. The second-order valence-electron chi connectivity index (χ2n) is 2.94. The zero-order valence-electron chi connectivity index (χ0n) is 8.60. The molecule has 5 nitrogen and oxygen atoms in total. The zero-order chi connectivity index (χ0) is 11.4. The predicted octanol–water partition coefficient (Wildman–Crippen LogP) is 2.08. The van der Waals surface area contributed by atoms with Crippen LogP contribution in [0, 0.1) is 0 Å². The second-order valence-corrected chi connectivity index (χ2v) is 3.90. The summed E-state index contributed by atoms with van der Waals surface area (Å²) in [6.07, 6.45) is 3.44. The number of thioether (sulfide) groups is 1. The maximum absolute atomic E-state index is 11.1. The summed E-state index contributed by atoms with van der Waals surface area (Å²) in [5.74, 6) is 1.08. The van der Waals surface area contributed by atoms with E-state index >= 15 is 0 Å². The number of ether oxygens (including phenoxy) is 1. The number of carbonyl (C=O) groups is 1. The summed E-state index contributed by atoms with van der Waals surface area (Å²) < 4.78 is 9.84. The number of furan rings is 1. The number of carbonyl (C=O) groups excluding carboxylic acids is 1. The van der Waals surface area contributed by atoms with Crippen LogP contribution >= 0.6 is 11.8 Å². The molecule has 0 bridgehead atoms. The van der Waals surface area contributed by atoms with Gasteiger partial charge < -0.3 is 14.1 Å². The normalized spacial score (nSPS) is 10.3. The maximum atomic E-state index is 11.1. The van der Waals surface area contributed by atoms with Crippen molar-refractivity contribution in [2.75, 3.05) is 7.11 Å². The van der Waals surface area contributed by atoms with Gasteiger partial charge >= 0.3 is 5.97 Å². The van der Waals surface area contributed by atoms with E-state index in [0.29, 0.717) is 11.5 Å². The van der Waals surface area contributed by atoms with Gasteiger partial charge in [-0.05, 0) is 12.1 Å². The molecule has 2 heterocycles. The summed E-state index contributed by atoms with van der Waals surface area (Å²) >= 11 is 1.50. The minimum atomic E-state index is -0.464. The SMILES string of the molecule is COC(=O)c1ccc(CSc2ncc[nH]2)o1. The van der Waals surface area contributed by atoms with Gasteiger partial charge in [0, 0.05) is 12.4 Å². The maximum Gasteiger partial charge on any atom is 0.373 e. The predicted molar refractivity (Wildman–Crippen MR) is 58.2 cm³/mol. The first-order valence-electron chi connectivity index (χ1n) is 4.59. The summed E-state index contributed by atoms with van der Waals surface area (Å²) in [5, 5.41) is 0.816. The van der Waals surface area contributed by atoms with E-state index in [1.165, 1.54) is 18.9 Å². The lowest BCUT2D eigenvalue weighted by atomic mass is 10.4. The van der Waals surface area contributed by atoms with Crippen LogP contribution in [0.2, 0.25) is 0 Å². The van der Waals surface area contributed by atoms with E-state index in [1.807, 2.05) is 0 Å². The minimum absolute atomic E-state index is 0.220. The average Bonchev–Trinajstić information content (AvgIpc) is 2.96. The highest BCUT2D eigenvalue weighted by molar-refractivity contribution is 7.98. The Morgan fingerprint density at radius 3 is 3.19 bits per heavy atom. The highest BCUT2D eigenvalue weighted by atomic mass is 32.2. The summed E-state index contributed by atoms with van der Waals surface area (Å²) in [6.45, 7) is 0. The molecule has 0 aromatic carbocycles. The Morgan fingerprint density at radius 1 is 1.62 bits per heavy atom. The molecule has 0 atom stereocenters. The van der Waals surface area contributed by atoms with E-state index in [-0.39, 0.29) is 5.76 Å². The molecule has 0 fully saturated rings. The fourth-order valence-corrected chi connectivity index (χ4v) is 1.86. The molecule has 16 heavy (non-hydrogen) atoms. The minimum Gasteiger partial charge on any atom is -0.463 e. The number of esters is 1. The van der Waals surface area contributed by atoms with Crippen LogP contribution in [0.3, 0.4) is 0 Å². The second kappa shape index (κ2) is 4.89. The Kier molecular flexibility index (Phi) is 3.31. The molecule has 2 rings (SSSR count). The number of imidazole rings is 1. The van der Waals surface area contributed by atoms with Crippen LogP contribution in [0.1, 0.15) is 16.3 Å². The highest BCUT2D eigenvalue weighted by Gasteiger charge is 2.11. The topological polar surface area (TPSA) is 68.1 Å². The molecular weight excluding hydrogens is 228 g/mol. The van der Waals surface area contributed by atoms with Crippen molar-refractivity contribution in [3.63, 3.8) is 0 Å². The highest BCUT2D eigenvalue weighted by Crippen LogP contribution is 2.20. The first kappa shape index (κ1) is 10.8. The summed E-state index contributed by atoms with van der Waals surface area (Å²) in [5.41, 5.74) is 0. The summed E-state index contributed by atoms with van der Waals surface area (Å²) in [7, 11) is 1.32. The number of hydrogen-bond donors (Lipinski definition) is 1. The fourth-order valence-electron chi connectivity index (χ4n) is 1.13. The third-order valence-electron chi connectivity index (χ3n) is 1.87. The van der Waals surface area contributed by atoms with Crippen LogP contribution < -0.4 is 0 Å². The number of methoxy groups -OCH3 is 1. The van der Waals surface area contributed by atoms with E-state index in [9.17, 15) is 4.79 Å². The molecule has 1 N–H and O–H groups in total. The van der Waals surface area contributed by atoms with Gasteiger partial charge in [0.2, 0.25) is 5.76 Å². The van der Waals surface area contributed by atoms with Gasteiger partial charge in [0.1, 0.15) is 5.76 Å². The Hall–Kier alpha value is -1.69. The molecule has 0 amide bonds. The van der Waals surface area contributed by atoms with Gasteiger partial charge in [-0.25, -0.2) is 9.78 Å². The number of H-pyrrole nitrogens is 1. The standard InChI is InChI=1S/C10H10N2O3S/c1-14-9(13)8-3-2-7(15-8)6-16-10-11-4-5-12-10/h2-5H,6H2,1H3,(H,11,12). The van der Waals surface area contributed by atoms with Crippen molar-refractivity contribution >= 4 is 17.7 Å². The summed E-state index contributed by atoms with van der Waals surface area (Å²) in [6, 6.07) is 3.35. The molecule has 84 valence electrons. The number of nitrogens with one attached hydrogen (secondary N) is 1. The van der Waals surface area contributed by atoms with Gasteiger partial charge in [0.15, 0.2) is 5.16 Å². The van der Waals surface area contributed by atoms with Gasteiger partial charge in [0.25, 0.3) is 0 Å². The molecule has 0 saturated heterocycles. The Bertz CT molecular complexity index is 464. The largest absolute Gasteiger partial charge is 0.463 e. The van der Waals surface area contributed by atoms with Crippen molar-refractivity contribution < 1.29 is 13.9 Å². The van der Waals surface area contributed by atoms with Crippen LogP contribution in [0.4, 0.5) is 0 Å².